The number of carbonyl (C=O) groups is 1. The molecule has 24 heavy (non-hydrogen) atoms. The van der Waals surface area contributed by atoms with Crippen LogP contribution in [0.5, 0.6) is 0 Å². The van der Waals surface area contributed by atoms with Crippen LogP contribution < -0.4 is 0 Å². The van der Waals surface area contributed by atoms with E-state index in [2.05, 4.69) is 16.9 Å². The summed E-state index contributed by atoms with van der Waals surface area (Å²) in [5.74, 6) is 0.0858. The van der Waals surface area contributed by atoms with Crippen LogP contribution in [0.1, 0.15) is 30.1 Å². The molecule has 3 rings (SSSR count). The average Bonchev–Trinajstić information content (AvgIpc) is 3.10. The van der Waals surface area contributed by atoms with E-state index < -0.39 is 0 Å². The van der Waals surface area contributed by atoms with Gasteiger partial charge < -0.3 is 14.4 Å². The number of morpholine rings is 1. The molecule has 0 N–H and O–H groups in total. The molecule has 0 atom stereocenters. The number of piperidine rings is 1. The van der Waals surface area contributed by atoms with Gasteiger partial charge in [-0.15, -0.1) is 0 Å². The molecular formula is C17H28N4O3. The Hall–Kier alpha value is -1.44. The first-order valence-electron chi connectivity index (χ1n) is 8.76. The van der Waals surface area contributed by atoms with Crippen molar-refractivity contribution in [1.29, 1.82) is 0 Å². The monoisotopic (exact) mass is 336 g/mol. The number of hydrogen-bond donors (Lipinski definition) is 0. The van der Waals surface area contributed by atoms with E-state index in [0.717, 1.165) is 52.2 Å². The van der Waals surface area contributed by atoms with Crippen LogP contribution in [0.2, 0.25) is 0 Å². The predicted molar refractivity (Wildman–Crippen MR) is 90.0 cm³/mol. The molecule has 7 nitrogen and oxygen atoms in total. The Morgan fingerprint density at radius 1 is 1.29 bits per heavy atom. The van der Waals surface area contributed by atoms with E-state index in [-0.39, 0.29) is 11.4 Å². The standard InChI is InChI=1S/C17H28N4O3/c1-17(20-7-11-24-12-8-20)3-5-19(6-4-17)16(22)15-13-18-21(14-15)9-10-23-2/h13-14H,3-12H2,1-2H3. The number of hydrogen-bond acceptors (Lipinski definition) is 5. The van der Waals surface area contributed by atoms with Crippen molar-refractivity contribution >= 4 is 5.91 Å². The molecule has 1 aromatic rings. The van der Waals surface area contributed by atoms with Gasteiger partial charge in [0.05, 0.1) is 38.1 Å². The number of rotatable bonds is 5. The molecule has 3 heterocycles. The van der Waals surface area contributed by atoms with Crippen molar-refractivity contribution in [2.45, 2.75) is 31.8 Å². The molecule has 2 aliphatic heterocycles. The van der Waals surface area contributed by atoms with Gasteiger partial charge in [-0.3, -0.25) is 14.4 Å². The number of nitrogens with zero attached hydrogens (tertiary/aromatic N) is 4. The first kappa shape index (κ1) is 17.4. The van der Waals surface area contributed by atoms with Crippen LogP contribution >= 0.6 is 0 Å². The number of ether oxygens (including phenoxy) is 2. The number of likely N-dealkylation sites (tertiary alicyclic amines) is 1. The van der Waals surface area contributed by atoms with Crippen LogP contribution in [0.25, 0.3) is 0 Å². The van der Waals surface area contributed by atoms with Gasteiger partial charge in [0.15, 0.2) is 0 Å². The van der Waals surface area contributed by atoms with Crippen molar-refractivity contribution in [1.82, 2.24) is 19.6 Å². The average molecular weight is 336 g/mol. The molecule has 0 unspecified atom stereocenters. The number of methoxy groups -OCH3 is 1. The van der Waals surface area contributed by atoms with Crippen molar-refractivity contribution in [3.8, 4) is 0 Å². The molecule has 2 saturated heterocycles. The lowest BCUT2D eigenvalue weighted by molar-refractivity contribution is -0.0372. The zero-order valence-corrected chi connectivity index (χ0v) is 14.7. The van der Waals surface area contributed by atoms with Gasteiger partial charge in [0.2, 0.25) is 0 Å². The molecule has 7 heteroatoms. The fourth-order valence-electron chi connectivity index (χ4n) is 3.57. The molecular weight excluding hydrogens is 308 g/mol. The van der Waals surface area contributed by atoms with E-state index >= 15 is 0 Å². The van der Waals surface area contributed by atoms with Gasteiger partial charge in [-0.1, -0.05) is 0 Å². The Labute approximate surface area is 143 Å². The van der Waals surface area contributed by atoms with E-state index in [1.165, 1.54) is 0 Å². The lowest BCUT2D eigenvalue weighted by atomic mass is 9.87. The van der Waals surface area contributed by atoms with Crippen molar-refractivity contribution < 1.29 is 14.3 Å². The van der Waals surface area contributed by atoms with Crippen molar-refractivity contribution in [2.75, 3.05) is 53.1 Å². The Morgan fingerprint density at radius 3 is 2.67 bits per heavy atom. The van der Waals surface area contributed by atoms with Crippen molar-refractivity contribution in [3.05, 3.63) is 18.0 Å². The van der Waals surface area contributed by atoms with Gasteiger partial charge in [-0.05, 0) is 19.8 Å². The summed E-state index contributed by atoms with van der Waals surface area (Å²) in [6.45, 7) is 8.82. The fourth-order valence-corrected chi connectivity index (χ4v) is 3.57. The van der Waals surface area contributed by atoms with Crippen LogP contribution in [-0.2, 0) is 16.0 Å². The smallest absolute Gasteiger partial charge is 0.257 e. The molecule has 1 aromatic heterocycles. The Bertz CT molecular complexity index is 546. The van der Waals surface area contributed by atoms with Gasteiger partial charge in [-0.25, -0.2) is 0 Å². The summed E-state index contributed by atoms with van der Waals surface area (Å²) in [4.78, 5) is 17.2. The Morgan fingerprint density at radius 2 is 2.00 bits per heavy atom. The summed E-state index contributed by atoms with van der Waals surface area (Å²) >= 11 is 0. The van der Waals surface area contributed by atoms with Gasteiger partial charge in [-0.2, -0.15) is 5.10 Å². The highest BCUT2D eigenvalue weighted by Gasteiger charge is 2.37. The van der Waals surface area contributed by atoms with Crippen LogP contribution in [0.15, 0.2) is 12.4 Å². The second kappa shape index (κ2) is 7.63. The number of carbonyl (C=O) groups excluding carboxylic acids is 1. The van der Waals surface area contributed by atoms with Crippen LogP contribution in [-0.4, -0.2) is 84.1 Å². The minimum atomic E-state index is 0.0858. The van der Waals surface area contributed by atoms with Crippen LogP contribution in [0.3, 0.4) is 0 Å². The lowest BCUT2D eigenvalue weighted by Gasteiger charge is -2.48. The van der Waals surface area contributed by atoms with Crippen molar-refractivity contribution in [3.63, 3.8) is 0 Å². The summed E-state index contributed by atoms with van der Waals surface area (Å²) in [6, 6.07) is 0. The molecule has 0 bridgehead atoms. The largest absolute Gasteiger partial charge is 0.383 e. The second-order valence-electron chi connectivity index (χ2n) is 6.87. The molecule has 1 amide bonds. The molecule has 2 aliphatic rings. The minimum absolute atomic E-state index is 0.0858. The van der Waals surface area contributed by atoms with Crippen LogP contribution in [0.4, 0.5) is 0 Å². The zero-order valence-electron chi connectivity index (χ0n) is 14.7. The topological polar surface area (TPSA) is 59.8 Å². The summed E-state index contributed by atoms with van der Waals surface area (Å²) in [5, 5.41) is 4.24. The normalized spacial score (nSPS) is 21.8. The maximum absolute atomic E-state index is 12.7. The third-order valence-electron chi connectivity index (χ3n) is 5.31. The maximum Gasteiger partial charge on any atom is 0.257 e. The Balaban J connectivity index is 1.55. The zero-order chi connectivity index (χ0) is 17.0. The van der Waals surface area contributed by atoms with E-state index in [4.69, 9.17) is 9.47 Å². The summed E-state index contributed by atoms with van der Waals surface area (Å²) in [5.41, 5.74) is 0.851. The predicted octanol–water partition coefficient (Wildman–Crippen LogP) is 0.856. The Kier molecular flexibility index (Phi) is 5.53. The van der Waals surface area contributed by atoms with Crippen molar-refractivity contribution in [2.24, 2.45) is 0 Å². The molecule has 0 saturated carbocycles. The van der Waals surface area contributed by atoms with E-state index in [1.807, 2.05) is 11.1 Å². The third kappa shape index (κ3) is 3.79. The minimum Gasteiger partial charge on any atom is -0.383 e. The van der Waals surface area contributed by atoms with E-state index in [0.29, 0.717) is 18.7 Å². The summed E-state index contributed by atoms with van der Waals surface area (Å²) in [6.07, 6.45) is 5.50. The summed E-state index contributed by atoms with van der Waals surface area (Å²) in [7, 11) is 1.66. The highest BCUT2D eigenvalue weighted by Crippen LogP contribution is 2.29. The van der Waals surface area contributed by atoms with Gasteiger partial charge >= 0.3 is 0 Å². The lowest BCUT2D eigenvalue weighted by Crippen LogP contribution is -2.57. The first-order valence-corrected chi connectivity index (χ1v) is 8.76. The molecule has 0 spiro atoms. The molecule has 0 radical (unpaired) electrons. The SMILES string of the molecule is COCCn1cc(C(=O)N2CCC(C)(N3CCOCC3)CC2)cn1. The molecule has 2 fully saturated rings. The second-order valence-corrected chi connectivity index (χ2v) is 6.87. The molecule has 0 aliphatic carbocycles. The first-order chi connectivity index (χ1) is 11.6. The van der Waals surface area contributed by atoms with Gasteiger partial charge in [0.1, 0.15) is 0 Å². The fraction of sp³-hybridized carbons (Fsp3) is 0.765. The van der Waals surface area contributed by atoms with Gasteiger partial charge in [0, 0.05) is 45.0 Å². The molecule has 134 valence electrons. The van der Waals surface area contributed by atoms with Crippen LogP contribution in [0, 0.1) is 0 Å². The third-order valence-corrected chi connectivity index (χ3v) is 5.31. The number of amides is 1. The number of aromatic nitrogens is 2. The highest BCUT2D eigenvalue weighted by molar-refractivity contribution is 5.93. The molecule has 0 aromatic carbocycles. The maximum atomic E-state index is 12.7. The summed E-state index contributed by atoms with van der Waals surface area (Å²) < 4.78 is 12.3. The quantitative estimate of drug-likeness (QED) is 0.798. The van der Waals surface area contributed by atoms with E-state index in [9.17, 15) is 4.79 Å². The highest BCUT2D eigenvalue weighted by atomic mass is 16.5. The van der Waals surface area contributed by atoms with E-state index in [1.54, 1.807) is 18.0 Å². The van der Waals surface area contributed by atoms with Gasteiger partial charge in [0.25, 0.3) is 5.91 Å².